The fourth-order valence-electron chi connectivity index (χ4n) is 0. The van der Waals surface area contributed by atoms with Crippen LogP contribution in [0.4, 0.5) is 0 Å². The molecule has 0 aromatic rings. The molecule has 0 heterocycles. The first kappa shape index (κ1) is 130. The SMILES string of the molecule is Cl.[Al].[C].[Fe].[N].[Na].[O].[V]. The number of hydrogen-bond acceptors (Lipinski definition) is 0. The molecule has 0 N–H and O–H groups in total. The Morgan fingerprint density at radius 2 is 1.00 bits per heavy atom. The van der Waals surface area contributed by atoms with E-state index in [-0.39, 0.29) is 114 Å². The van der Waals surface area contributed by atoms with Crippen molar-refractivity contribution in [3.63, 3.8) is 0 Å². The third-order valence-corrected chi connectivity index (χ3v) is 0. The van der Waals surface area contributed by atoms with E-state index in [1.54, 1.807) is 0 Å². The fourth-order valence-corrected chi connectivity index (χ4v) is 0. The van der Waals surface area contributed by atoms with E-state index in [2.05, 4.69) is 0 Å². The van der Waals surface area contributed by atoms with Crippen LogP contribution in [0.3, 0.4) is 0 Å². The predicted octanol–water partition coefficient (Wildman–Crippen LogP) is -0.863. The van der Waals surface area contributed by atoms with Gasteiger partial charge in [-0.15, -0.1) is 12.4 Å². The second-order valence-corrected chi connectivity index (χ2v) is 0. The molecule has 0 rings (SSSR count). The Kier molecular flexibility index (Phi) is 1540. The molecule has 2 nitrogen and oxygen atoms in total. The van der Waals surface area contributed by atoms with Gasteiger partial charge in [0.2, 0.25) is 0 Å². The van der Waals surface area contributed by atoms with Gasteiger partial charge in [-0.2, -0.15) is 0 Å². The first-order valence-electron chi connectivity index (χ1n) is 0. The summed E-state index contributed by atoms with van der Waals surface area (Å²) in [7, 11) is 0. The van der Waals surface area contributed by atoms with Gasteiger partial charge >= 0.3 is 0 Å². The van der Waals surface area contributed by atoms with Crippen molar-refractivity contribution in [2.45, 2.75) is 0 Å². The third-order valence-electron chi connectivity index (χ3n) is 0. The molecule has 0 unspecified atom stereocenters. The van der Waals surface area contributed by atoms with Crippen LogP contribution in [0, 0.1) is 7.43 Å². The summed E-state index contributed by atoms with van der Waals surface area (Å²) in [4.78, 5) is 0. The Hall–Kier alpha value is 2.85. The molecule has 14 radical (unpaired) electrons. The second kappa shape index (κ2) is 95.1. The van der Waals surface area contributed by atoms with Crippen molar-refractivity contribution in [1.82, 2.24) is 6.15 Å². The zero-order chi connectivity index (χ0) is 0. The molecule has 0 aromatic carbocycles. The van der Waals surface area contributed by atoms with Crippen molar-refractivity contribution >= 4 is 59.3 Å². The largest absolute Gasteiger partial charge is 0.147 e. The molecule has 0 aliphatic carbocycles. The molecule has 7 heteroatoms. The summed E-state index contributed by atoms with van der Waals surface area (Å²) < 4.78 is 0. The molecule has 0 aromatic heterocycles. The minimum atomic E-state index is 0. The van der Waals surface area contributed by atoms with Gasteiger partial charge in [-0.1, -0.05) is 0 Å². The van der Waals surface area contributed by atoms with Gasteiger partial charge in [0.1, 0.15) is 0 Å². The summed E-state index contributed by atoms with van der Waals surface area (Å²) in [6, 6.07) is 0. The predicted molar refractivity (Wildman–Crippen MR) is 24.8 cm³/mol. The van der Waals surface area contributed by atoms with Crippen LogP contribution in [-0.4, -0.2) is 46.9 Å². The van der Waals surface area contributed by atoms with Gasteiger partial charge in [-0.25, -0.2) is 0 Å². The number of halogens is 1. The smallest absolute Gasteiger partial charge is 0 e. The summed E-state index contributed by atoms with van der Waals surface area (Å²) >= 11 is 0. The van der Waals surface area contributed by atoms with E-state index < -0.39 is 0 Å². The quantitative estimate of drug-likeness (QED) is 0.490. The molecule has 0 aliphatic rings. The molecule has 8 heavy (non-hydrogen) atoms. The van der Waals surface area contributed by atoms with E-state index in [1.807, 2.05) is 0 Å². The van der Waals surface area contributed by atoms with Gasteiger partial charge in [0.15, 0.2) is 0 Å². The van der Waals surface area contributed by atoms with Crippen LogP contribution in [0.15, 0.2) is 0 Å². The molecule has 0 amide bonds. The van der Waals surface area contributed by atoms with Crippen molar-refractivity contribution in [1.29, 1.82) is 0 Å². The number of nitrogens with zero attached hydrogens (tertiary/aromatic N) is 1. The van der Waals surface area contributed by atoms with Crippen molar-refractivity contribution < 1.29 is 41.1 Å². The van der Waals surface area contributed by atoms with Crippen LogP contribution in [0.2, 0.25) is 0 Å². The van der Waals surface area contributed by atoms with Gasteiger partial charge in [0, 0.05) is 102 Å². The van der Waals surface area contributed by atoms with E-state index in [9.17, 15) is 0 Å². The van der Waals surface area contributed by atoms with E-state index in [1.165, 1.54) is 0 Å². The average molecular weight is 235 g/mol. The zero-order valence-electron chi connectivity index (χ0n) is 4.14. The van der Waals surface area contributed by atoms with Crippen molar-refractivity contribution in [2.24, 2.45) is 0 Å². The monoisotopic (exact) mass is 235 g/mol. The van der Waals surface area contributed by atoms with E-state index in [0.29, 0.717) is 0 Å². The molecule has 0 saturated heterocycles. The normalized spacial score (nSPS) is 0. The number of rotatable bonds is 0. The van der Waals surface area contributed by atoms with Gasteiger partial charge in [-0.05, 0) is 0 Å². The maximum absolute atomic E-state index is 0. The second-order valence-electron chi connectivity index (χ2n) is 0. The van der Waals surface area contributed by atoms with E-state index >= 15 is 0 Å². The van der Waals surface area contributed by atoms with Crippen LogP contribution in [0.5, 0.6) is 0 Å². The van der Waals surface area contributed by atoms with Crippen molar-refractivity contribution in [3.05, 3.63) is 7.43 Å². The summed E-state index contributed by atoms with van der Waals surface area (Å²) in [5, 5.41) is 0. The Morgan fingerprint density at radius 3 is 1.00 bits per heavy atom. The Balaban J connectivity index is 0. The van der Waals surface area contributed by atoms with Gasteiger partial charge < -0.3 is 0 Å². The van der Waals surface area contributed by atoms with Crippen LogP contribution in [0.25, 0.3) is 0 Å². The average Bonchev–Trinajstić information content (AvgIpc) is 0. The minimum Gasteiger partial charge on any atom is -0.147 e. The van der Waals surface area contributed by atoms with Gasteiger partial charge in [0.05, 0.1) is 0 Å². The molecule has 0 fully saturated rings. The topological polar surface area (TPSA) is 59.0 Å². The molecule has 40 valence electrons. The summed E-state index contributed by atoms with van der Waals surface area (Å²) in [5.41, 5.74) is 0. The molecule has 0 saturated carbocycles. The summed E-state index contributed by atoms with van der Waals surface area (Å²) in [6.07, 6.45) is 0. The van der Waals surface area contributed by atoms with Crippen LogP contribution in [-0.2, 0) is 41.1 Å². The molecule has 0 spiro atoms. The molecule has 0 atom stereocenters. The first-order chi connectivity index (χ1) is 0. The third kappa shape index (κ3) is 67.2. The Labute approximate surface area is 112 Å². The van der Waals surface area contributed by atoms with Crippen LogP contribution in [0.1, 0.15) is 0 Å². The van der Waals surface area contributed by atoms with E-state index in [4.69, 9.17) is 0 Å². The maximum Gasteiger partial charge on any atom is 0 e. The summed E-state index contributed by atoms with van der Waals surface area (Å²) in [5.74, 6) is 0. The maximum atomic E-state index is 0. The standard InChI is InChI=1S/C.Al.ClH.Fe.N.Na.O.V/h;;1H;;;;;. The van der Waals surface area contributed by atoms with Gasteiger partial charge in [0.25, 0.3) is 0 Å². The molecule has 0 bridgehead atoms. The molecule has 0 aliphatic heterocycles. The fraction of sp³-hybridized carbons (Fsp3) is 0. The minimum absolute atomic E-state index is 0. The molecular weight excluding hydrogens is 234 g/mol. The van der Waals surface area contributed by atoms with Crippen molar-refractivity contribution in [2.75, 3.05) is 0 Å². The summed E-state index contributed by atoms with van der Waals surface area (Å²) in [6.45, 7) is 0. The van der Waals surface area contributed by atoms with Gasteiger partial charge in [-0.3, -0.25) is 0 Å². The Bertz CT molecular complexity index is 24.0. The Morgan fingerprint density at radius 1 is 1.00 bits per heavy atom. The van der Waals surface area contributed by atoms with Crippen LogP contribution < -0.4 is 6.15 Å². The van der Waals surface area contributed by atoms with Crippen LogP contribution >= 0.6 is 12.4 Å². The van der Waals surface area contributed by atoms with E-state index in [0.717, 1.165) is 0 Å². The first-order valence-corrected chi connectivity index (χ1v) is 0. The zero-order valence-corrected chi connectivity index (χ0v) is 10.6. The number of hydrogen-bond donors (Lipinski definition) is 0. The molecular formula is CHAlClFeNNaOV. The van der Waals surface area contributed by atoms with Crippen molar-refractivity contribution in [3.8, 4) is 0 Å².